The van der Waals surface area contributed by atoms with Crippen LogP contribution >= 0.6 is 0 Å². The van der Waals surface area contributed by atoms with Gasteiger partial charge in [-0.2, -0.15) is 0 Å². The van der Waals surface area contributed by atoms with Crippen molar-refractivity contribution >= 4 is 0 Å². The van der Waals surface area contributed by atoms with Crippen LogP contribution in [-0.2, 0) is 0 Å². The number of hydrogen-bond donors (Lipinski definition) is 1. The second-order valence-corrected chi connectivity index (χ2v) is 5.19. The van der Waals surface area contributed by atoms with Crippen LogP contribution in [0, 0.1) is 13.8 Å². The predicted molar refractivity (Wildman–Crippen MR) is 68.0 cm³/mol. The van der Waals surface area contributed by atoms with E-state index in [-0.39, 0.29) is 0 Å². The molecule has 0 aliphatic heterocycles. The second-order valence-electron chi connectivity index (χ2n) is 5.19. The zero-order chi connectivity index (χ0) is 11.5. The fraction of sp³-hybridized carbons (Fsp3) is 0.600. The smallest absolute Gasteiger partial charge is 0.121 e. The van der Waals surface area contributed by atoms with Gasteiger partial charge in [0.1, 0.15) is 5.75 Å². The Morgan fingerprint density at radius 2 is 1.44 bits per heavy atom. The molecule has 0 spiro atoms. The fourth-order valence-electron chi connectivity index (χ4n) is 2.84. The van der Waals surface area contributed by atoms with Gasteiger partial charge in [0.05, 0.1) is 0 Å². The molecule has 16 heavy (non-hydrogen) atoms. The van der Waals surface area contributed by atoms with Crippen LogP contribution < -0.4 is 0 Å². The monoisotopic (exact) mass is 218 g/mol. The minimum Gasteiger partial charge on any atom is -0.507 e. The van der Waals surface area contributed by atoms with E-state index in [4.69, 9.17) is 0 Å². The summed E-state index contributed by atoms with van der Waals surface area (Å²) in [6.07, 6.45) is 8.17. The van der Waals surface area contributed by atoms with Gasteiger partial charge in [-0.25, -0.2) is 0 Å². The van der Waals surface area contributed by atoms with E-state index >= 15 is 0 Å². The van der Waals surface area contributed by atoms with Gasteiger partial charge >= 0.3 is 0 Å². The Morgan fingerprint density at radius 1 is 0.938 bits per heavy atom. The molecule has 1 aromatic rings. The first-order chi connectivity index (χ1) is 7.68. The van der Waals surface area contributed by atoms with E-state index in [0.29, 0.717) is 5.75 Å². The molecule has 1 N–H and O–H groups in total. The quantitative estimate of drug-likeness (QED) is 0.691. The van der Waals surface area contributed by atoms with E-state index in [0.717, 1.165) is 17.0 Å². The molecule has 0 aromatic heterocycles. The van der Waals surface area contributed by atoms with E-state index in [1.807, 2.05) is 13.8 Å². The van der Waals surface area contributed by atoms with Crippen LogP contribution in [0.2, 0.25) is 0 Å². The van der Waals surface area contributed by atoms with E-state index in [2.05, 4.69) is 12.1 Å². The summed E-state index contributed by atoms with van der Waals surface area (Å²) in [5.41, 5.74) is 3.49. The lowest BCUT2D eigenvalue weighted by molar-refractivity contribution is 0.465. The Kier molecular flexibility index (Phi) is 3.52. The molecule has 1 saturated carbocycles. The standard InChI is InChI=1S/C15H22O/c1-11-9-14(10-12(2)15(11)16)13-7-5-3-4-6-8-13/h9-10,13,16H,3-8H2,1-2H3. The maximum Gasteiger partial charge on any atom is 0.121 e. The van der Waals surface area contributed by atoms with E-state index < -0.39 is 0 Å². The zero-order valence-electron chi connectivity index (χ0n) is 10.4. The van der Waals surface area contributed by atoms with Gasteiger partial charge < -0.3 is 5.11 Å². The molecule has 0 bridgehead atoms. The topological polar surface area (TPSA) is 20.2 Å². The molecule has 1 heteroatoms. The molecule has 1 aliphatic rings. The Hall–Kier alpha value is -0.980. The van der Waals surface area contributed by atoms with Crippen molar-refractivity contribution in [2.24, 2.45) is 0 Å². The third-order valence-corrected chi connectivity index (χ3v) is 3.84. The van der Waals surface area contributed by atoms with Crippen LogP contribution in [0.3, 0.4) is 0 Å². The predicted octanol–water partition coefficient (Wildman–Crippen LogP) is 4.45. The molecular weight excluding hydrogens is 196 g/mol. The van der Waals surface area contributed by atoms with Gasteiger partial charge in [0, 0.05) is 0 Å². The van der Waals surface area contributed by atoms with Crippen molar-refractivity contribution in [3.8, 4) is 5.75 Å². The summed E-state index contributed by atoms with van der Waals surface area (Å²) in [7, 11) is 0. The van der Waals surface area contributed by atoms with Gasteiger partial charge in [0.2, 0.25) is 0 Å². The first-order valence-corrected chi connectivity index (χ1v) is 6.48. The van der Waals surface area contributed by atoms with Gasteiger partial charge in [0.15, 0.2) is 0 Å². The first-order valence-electron chi connectivity index (χ1n) is 6.48. The highest BCUT2D eigenvalue weighted by atomic mass is 16.3. The largest absolute Gasteiger partial charge is 0.507 e. The highest BCUT2D eigenvalue weighted by Gasteiger charge is 2.16. The summed E-state index contributed by atoms with van der Waals surface area (Å²) in [6, 6.07) is 4.36. The molecule has 0 heterocycles. The summed E-state index contributed by atoms with van der Waals surface area (Å²) in [6.45, 7) is 4.01. The van der Waals surface area contributed by atoms with Crippen molar-refractivity contribution in [1.29, 1.82) is 0 Å². The summed E-state index contributed by atoms with van der Waals surface area (Å²) in [5, 5.41) is 9.78. The summed E-state index contributed by atoms with van der Waals surface area (Å²) in [4.78, 5) is 0. The van der Waals surface area contributed by atoms with Gasteiger partial charge in [-0.15, -0.1) is 0 Å². The third kappa shape index (κ3) is 2.40. The normalized spacial score (nSPS) is 18.4. The summed E-state index contributed by atoms with van der Waals surface area (Å²) in [5.74, 6) is 1.19. The third-order valence-electron chi connectivity index (χ3n) is 3.84. The van der Waals surface area contributed by atoms with Crippen molar-refractivity contribution in [3.63, 3.8) is 0 Å². The van der Waals surface area contributed by atoms with Crippen molar-refractivity contribution < 1.29 is 5.11 Å². The molecular formula is C15H22O. The van der Waals surface area contributed by atoms with E-state index in [1.54, 1.807) is 0 Å². The summed E-state index contributed by atoms with van der Waals surface area (Å²) >= 11 is 0. The summed E-state index contributed by atoms with van der Waals surface area (Å²) < 4.78 is 0. The van der Waals surface area contributed by atoms with Gasteiger partial charge in [0.25, 0.3) is 0 Å². The van der Waals surface area contributed by atoms with E-state index in [9.17, 15) is 5.11 Å². The van der Waals surface area contributed by atoms with Gasteiger partial charge in [-0.05, 0) is 49.3 Å². The zero-order valence-corrected chi connectivity index (χ0v) is 10.4. The molecule has 2 rings (SSSR count). The number of phenols is 1. The lowest BCUT2D eigenvalue weighted by Crippen LogP contribution is -1.98. The molecule has 0 saturated heterocycles. The number of benzene rings is 1. The van der Waals surface area contributed by atoms with Gasteiger partial charge in [-0.3, -0.25) is 0 Å². The Labute approximate surface area is 98.5 Å². The molecule has 0 radical (unpaired) electrons. The average molecular weight is 218 g/mol. The fourth-order valence-corrected chi connectivity index (χ4v) is 2.84. The highest BCUT2D eigenvalue weighted by molar-refractivity contribution is 5.43. The van der Waals surface area contributed by atoms with Crippen molar-refractivity contribution in [2.75, 3.05) is 0 Å². The molecule has 0 unspecified atom stereocenters. The van der Waals surface area contributed by atoms with Crippen molar-refractivity contribution in [3.05, 3.63) is 28.8 Å². The Bertz CT molecular complexity index is 337. The van der Waals surface area contributed by atoms with E-state index in [1.165, 1.54) is 44.1 Å². The van der Waals surface area contributed by atoms with Crippen molar-refractivity contribution in [1.82, 2.24) is 0 Å². The molecule has 1 fully saturated rings. The SMILES string of the molecule is Cc1cc(C2CCCCCC2)cc(C)c1O. The molecule has 1 aromatic carbocycles. The maximum atomic E-state index is 9.78. The van der Waals surface area contributed by atoms with Crippen LogP contribution in [0.5, 0.6) is 5.75 Å². The minimum atomic E-state index is 0.470. The Balaban J connectivity index is 2.25. The van der Waals surface area contributed by atoms with Gasteiger partial charge in [-0.1, -0.05) is 37.8 Å². The average Bonchev–Trinajstić information content (AvgIpc) is 2.53. The molecule has 1 nitrogen and oxygen atoms in total. The van der Waals surface area contributed by atoms with Crippen LogP contribution in [-0.4, -0.2) is 5.11 Å². The molecule has 0 amide bonds. The number of phenolic OH excluding ortho intramolecular Hbond substituents is 1. The van der Waals surface area contributed by atoms with Crippen LogP contribution in [0.25, 0.3) is 0 Å². The lowest BCUT2D eigenvalue weighted by Gasteiger charge is -2.17. The van der Waals surface area contributed by atoms with Crippen LogP contribution in [0.1, 0.15) is 61.1 Å². The first kappa shape index (κ1) is 11.5. The number of aryl methyl sites for hydroxylation is 2. The van der Waals surface area contributed by atoms with Crippen LogP contribution in [0.4, 0.5) is 0 Å². The number of hydrogen-bond acceptors (Lipinski definition) is 1. The lowest BCUT2D eigenvalue weighted by atomic mass is 9.89. The molecule has 0 atom stereocenters. The molecule has 1 aliphatic carbocycles. The number of aromatic hydroxyl groups is 1. The Morgan fingerprint density at radius 3 is 1.94 bits per heavy atom. The second kappa shape index (κ2) is 4.90. The maximum absolute atomic E-state index is 9.78. The number of rotatable bonds is 1. The highest BCUT2D eigenvalue weighted by Crippen LogP contribution is 2.34. The van der Waals surface area contributed by atoms with Crippen LogP contribution in [0.15, 0.2) is 12.1 Å². The molecule has 88 valence electrons. The minimum absolute atomic E-state index is 0.470. The van der Waals surface area contributed by atoms with Crippen molar-refractivity contribution in [2.45, 2.75) is 58.3 Å².